The van der Waals surface area contributed by atoms with Crippen LogP contribution in [-0.4, -0.2) is 56.4 Å². The molecule has 0 bridgehead atoms. The molecule has 0 aromatic heterocycles. The molecular formula is C19H31FN4OS. The van der Waals surface area contributed by atoms with Crippen LogP contribution in [-0.2, 0) is 11.3 Å². The maximum atomic E-state index is 14.5. The molecule has 2 rings (SSSR count). The fourth-order valence-corrected chi connectivity index (χ4v) is 2.81. The lowest BCUT2D eigenvalue weighted by molar-refractivity contribution is 0.122. The maximum absolute atomic E-state index is 14.5. The standard InChI is InChI=1S/C19H31FN4OS/c1-5-21-18(23-14-19(2,3)26-4)22-13-15-6-7-17(16(20)12-15)24-8-10-25-11-9-24/h6-7,12H,5,8-11,13-14H2,1-4H3,(H2,21,22,23). The number of benzene rings is 1. The van der Waals surface area contributed by atoms with Crippen LogP contribution in [0.15, 0.2) is 23.2 Å². The molecule has 1 heterocycles. The Morgan fingerprint density at radius 3 is 2.65 bits per heavy atom. The molecule has 1 aromatic carbocycles. The summed E-state index contributed by atoms with van der Waals surface area (Å²) in [6.07, 6.45) is 2.10. The van der Waals surface area contributed by atoms with Gasteiger partial charge in [0.05, 0.1) is 25.4 Å². The number of morpholine rings is 1. The molecule has 0 spiro atoms. The van der Waals surface area contributed by atoms with Crippen LogP contribution in [0.2, 0.25) is 0 Å². The van der Waals surface area contributed by atoms with Gasteiger partial charge in [-0.2, -0.15) is 11.8 Å². The highest BCUT2D eigenvalue weighted by Crippen LogP contribution is 2.22. The third-order valence-electron chi connectivity index (χ3n) is 4.36. The normalized spacial score (nSPS) is 15.9. The van der Waals surface area contributed by atoms with Gasteiger partial charge in [0, 0.05) is 30.9 Å². The zero-order chi connectivity index (χ0) is 19.0. The average molecular weight is 383 g/mol. The van der Waals surface area contributed by atoms with Crippen molar-refractivity contribution in [2.75, 3.05) is 50.5 Å². The molecule has 0 radical (unpaired) electrons. The van der Waals surface area contributed by atoms with Crippen LogP contribution in [0.4, 0.5) is 10.1 Å². The smallest absolute Gasteiger partial charge is 0.191 e. The molecule has 0 unspecified atom stereocenters. The minimum absolute atomic E-state index is 0.127. The Kier molecular flexibility index (Phi) is 8.03. The van der Waals surface area contributed by atoms with Crippen molar-refractivity contribution in [2.24, 2.45) is 4.99 Å². The Morgan fingerprint density at radius 2 is 2.04 bits per heavy atom. The second kappa shape index (κ2) is 10.0. The van der Waals surface area contributed by atoms with Gasteiger partial charge in [0.25, 0.3) is 0 Å². The van der Waals surface area contributed by atoms with E-state index in [0.717, 1.165) is 37.7 Å². The van der Waals surface area contributed by atoms with E-state index in [0.29, 0.717) is 25.4 Å². The number of ether oxygens (including phenoxy) is 1. The number of halogens is 1. The topological polar surface area (TPSA) is 48.9 Å². The summed E-state index contributed by atoms with van der Waals surface area (Å²) in [6.45, 7) is 11.2. The van der Waals surface area contributed by atoms with Gasteiger partial charge in [-0.1, -0.05) is 6.07 Å². The van der Waals surface area contributed by atoms with Crippen LogP contribution in [0.1, 0.15) is 26.3 Å². The molecule has 2 N–H and O–H groups in total. The molecule has 1 aliphatic heterocycles. The van der Waals surface area contributed by atoms with Crippen LogP contribution in [0.5, 0.6) is 0 Å². The van der Waals surface area contributed by atoms with Crippen molar-refractivity contribution < 1.29 is 9.13 Å². The highest BCUT2D eigenvalue weighted by atomic mass is 32.2. The summed E-state index contributed by atoms with van der Waals surface area (Å²) < 4.78 is 19.9. The number of aliphatic imine (C=N–C) groups is 1. The van der Waals surface area contributed by atoms with Gasteiger partial charge in [-0.3, -0.25) is 0 Å². The summed E-state index contributed by atoms with van der Waals surface area (Å²) >= 11 is 1.81. The predicted octanol–water partition coefficient (Wildman–Crippen LogP) is 2.86. The van der Waals surface area contributed by atoms with Crippen molar-refractivity contribution in [1.29, 1.82) is 0 Å². The molecule has 0 amide bonds. The predicted molar refractivity (Wildman–Crippen MR) is 110 cm³/mol. The summed E-state index contributed by atoms with van der Waals surface area (Å²) in [7, 11) is 0. The van der Waals surface area contributed by atoms with E-state index >= 15 is 0 Å². The van der Waals surface area contributed by atoms with Crippen molar-refractivity contribution in [3.05, 3.63) is 29.6 Å². The van der Waals surface area contributed by atoms with Crippen LogP contribution in [0.25, 0.3) is 0 Å². The largest absolute Gasteiger partial charge is 0.378 e. The second-order valence-electron chi connectivity index (χ2n) is 6.90. The molecule has 0 saturated carbocycles. The highest BCUT2D eigenvalue weighted by Gasteiger charge is 2.17. The van der Waals surface area contributed by atoms with E-state index in [2.05, 4.69) is 35.7 Å². The van der Waals surface area contributed by atoms with E-state index < -0.39 is 0 Å². The molecule has 1 aromatic rings. The van der Waals surface area contributed by atoms with Gasteiger partial charge >= 0.3 is 0 Å². The van der Waals surface area contributed by atoms with Gasteiger partial charge in [0.2, 0.25) is 0 Å². The van der Waals surface area contributed by atoms with Crippen LogP contribution < -0.4 is 15.5 Å². The third kappa shape index (κ3) is 6.36. The quantitative estimate of drug-likeness (QED) is 0.561. The van der Waals surface area contributed by atoms with Gasteiger partial charge in [0.15, 0.2) is 5.96 Å². The molecule has 1 saturated heterocycles. The molecular weight excluding hydrogens is 351 g/mol. The molecule has 146 valence electrons. The van der Waals surface area contributed by atoms with E-state index in [1.165, 1.54) is 0 Å². The van der Waals surface area contributed by atoms with Crippen LogP contribution >= 0.6 is 11.8 Å². The SMILES string of the molecule is CCNC(=NCc1ccc(N2CCOCC2)c(F)c1)NCC(C)(C)SC. The van der Waals surface area contributed by atoms with Crippen molar-refractivity contribution in [3.8, 4) is 0 Å². The van der Waals surface area contributed by atoms with Crippen molar-refractivity contribution in [1.82, 2.24) is 10.6 Å². The van der Waals surface area contributed by atoms with Crippen molar-refractivity contribution >= 4 is 23.4 Å². The minimum atomic E-state index is -0.193. The van der Waals surface area contributed by atoms with E-state index in [-0.39, 0.29) is 10.6 Å². The molecule has 1 fully saturated rings. The molecule has 5 nitrogen and oxygen atoms in total. The Bertz CT molecular complexity index is 603. The van der Waals surface area contributed by atoms with E-state index in [9.17, 15) is 4.39 Å². The Labute approximate surface area is 160 Å². The van der Waals surface area contributed by atoms with Gasteiger partial charge in [0.1, 0.15) is 5.82 Å². The maximum Gasteiger partial charge on any atom is 0.191 e. The number of nitrogens with one attached hydrogen (secondary N) is 2. The fourth-order valence-electron chi connectivity index (χ4n) is 2.59. The molecule has 0 aliphatic carbocycles. The second-order valence-corrected chi connectivity index (χ2v) is 8.41. The summed E-state index contributed by atoms with van der Waals surface area (Å²) in [5.41, 5.74) is 1.51. The van der Waals surface area contributed by atoms with Gasteiger partial charge in [-0.25, -0.2) is 9.38 Å². The zero-order valence-corrected chi connectivity index (χ0v) is 17.1. The first-order valence-electron chi connectivity index (χ1n) is 9.13. The Morgan fingerprint density at radius 1 is 1.31 bits per heavy atom. The van der Waals surface area contributed by atoms with Gasteiger partial charge < -0.3 is 20.3 Å². The zero-order valence-electron chi connectivity index (χ0n) is 16.3. The van der Waals surface area contributed by atoms with E-state index in [1.54, 1.807) is 6.07 Å². The van der Waals surface area contributed by atoms with Crippen molar-refractivity contribution in [3.63, 3.8) is 0 Å². The average Bonchev–Trinajstić information content (AvgIpc) is 2.65. The lowest BCUT2D eigenvalue weighted by Crippen LogP contribution is -2.43. The molecule has 26 heavy (non-hydrogen) atoms. The molecule has 1 aliphatic rings. The van der Waals surface area contributed by atoms with E-state index in [1.807, 2.05) is 35.7 Å². The Hall–Kier alpha value is -1.47. The lowest BCUT2D eigenvalue weighted by Gasteiger charge is -2.29. The molecule has 0 atom stereocenters. The first-order chi connectivity index (χ1) is 12.4. The first-order valence-corrected chi connectivity index (χ1v) is 10.4. The highest BCUT2D eigenvalue weighted by molar-refractivity contribution is 7.99. The number of hydrogen-bond donors (Lipinski definition) is 2. The Balaban J connectivity index is 2.00. The van der Waals surface area contributed by atoms with E-state index in [4.69, 9.17) is 4.74 Å². The van der Waals surface area contributed by atoms with Gasteiger partial charge in [-0.05, 0) is 44.7 Å². The fraction of sp³-hybridized carbons (Fsp3) is 0.632. The lowest BCUT2D eigenvalue weighted by atomic mass is 10.1. The number of rotatable bonds is 7. The van der Waals surface area contributed by atoms with Crippen LogP contribution in [0, 0.1) is 5.82 Å². The van der Waals surface area contributed by atoms with Gasteiger partial charge in [-0.15, -0.1) is 0 Å². The van der Waals surface area contributed by atoms with Crippen LogP contribution in [0.3, 0.4) is 0 Å². The van der Waals surface area contributed by atoms with Crippen molar-refractivity contribution in [2.45, 2.75) is 32.1 Å². The third-order valence-corrected chi connectivity index (χ3v) is 5.61. The number of thioether (sulfide) groups is 1. The summed E-state index contributed by atoms with van der Waals surface area (Å²) in [4.78, 5) is 6.62. The summed E-state index contributed by atoms with van der Waals surface area (Å²) in [5.74, 6) is 0.563. The number of hydrogen-bond acceptors (Lipinski definition) is 4. The molecule has 7 heteroatoms. The number of nitrogens with zero attached hydrogens (tertiary/aromatic N) is 2. The minimum Gasteiger partial charge on any atom is -0.378 e. The number of guanidine groups is 1. The summed E-state index contributed by atoms with van der Waals surface area (Å²) in [5, 5.41) is 6.60. The first kappa shape index (κ1) is 20.8. The number of anilines is 1. The monoisotopic (exact) mass is 382 g/mol. The summed E-state index contributed by atoms with van der Waals surface area (Å²) in [6, 6.07) is 5.39.